The fourth-order valence-corrected chi connectivity index (χ4v) is 7.41. The van der Waals surface area contributed by atoms with Gasteiger partial charge in [-0.3, -0.25) is 0 Å². The second kappa shape index (κ2) is 7.83. The molecule has 0 atom stereocenters. The quantitative estimate of drug-likeness (QED) is 0.224. The van der Waals surface area contributed by atoms with Crippen LogP contribution >= 0.6 is 11.3 Å². The zero-order valence-electron chi connectivity index (χ0n) is 20.9. The Morgan fingerprint density at radius 2 is 1.10 bits per heavy atom. The van der Waals surface area contributed by atoms with Gasteiger partial charge in [-0.25, -0.2) is 0 Å². The average Bonchev–Trinajstić information content (AvgIpc) is 3.65. The third-order valence-electron chi connectivity index (χ3n) is 8.01. The highest BCUT2D eigenvalue weighted by Crippen LogP contribution is 2.41. The summed E-state index contributed by atoms with van der Waals surface area (Å²) >= 11 is 1.85. The summed E-state index contributed by atoms with van der Waals surface area (Å²) in [5.74, 6) is 0. The van der Waals surface area contributed by atoms with Crippen LogP contribution < -0.4 is 0 Å². The van der Waals surface area contributed by atoms with E-state index in [0.717, 1.165) is 27.6 Å². The first-order valence-corrected chi connectivity index (χ1v) is 14.0. The minimum absolute atomic E-state index is 0.904. The number of hydrogen-bond acceptors (Lipinski definition) is 2. The van der Waals surface area contributed by atoms with Crippen LogP contribution in [-0.2, 0) is 0 Å². The number of aromatic nitrogens is 1. The van der Waals surface area contributed by atoms with Gasteiger partial charge in [0.2, 0.25) is 0 Å². The normalized spacial score (nSPS) is 12.1. The standard InChI is InChI=1S/C36H21NOS/c1-4-11-29-24(8-1)25-9-2-5-12-30(25)37(29)31-13-7-14-32-36(31)28-19-17-22(20-33(28)38-32)23-16-18-27-26-10-3-6-15-34(26)39-35(27)21-23/h1-21H. The maximum absolute atomic E-state index is 6.50. The molecule has 0 aliphatic carbocycles. The van der Waals surface area contributed by atoms with E-state index in [1.165, 1.54) is 53.1 Å². The number of furan rings is 1. The summed E-state index contributed by atoms with van der Waals surface area (Å²) in [5.41, 5.74) is 7.73. The Labute approximate surface area is 227 Å². The molecule has 0 fully saturated rings. The maximum Gasteiger partial charge on any atom is 0.137 e. The summed E-state index contributed by atoms with van der Waals surface area (Å²) in [6.07, 6.45) is 0. The van der Waals surface area contributed by atoms with E-state index >= 15 is 0 Å². The maximum atomic E-state index is 6.50. The predicted octanol–water partition coefficient (Wildman–Crippen LogP) is 10.7. The van der Waals surface area contributed by atoms with Gasteiger partial charge in [0.1, 0.15) is 11.2 Å². The summed E-state index contributed by atoms with van der Waals surface area (Å²) in [4.78, 5) is 0. The lowest BCUT2D eigenvalue weighted by Crippen LogP contribution is -1.94. The van der Waals surface area contributed by atoms with E-state index in [1.54, 1.807) is 0 Å². The number of benzene rings is 6. The van der Waals surface area contributed by atoms with Gasteiger partial charge in [0.05, 0.1) is 22.1 Å². The summed E-state index contributed by atoms with van der Waals surface area (Å²) in [5, 5.41) is 7.45. The van der Waals surface area contributed by atoms with Crippen LogP contribution in [0.25, 0.3) is 80.7 Å². The summed E-state index contributed by atoms with van der Waals surface area (Å²) < 4.78 is 11.5. The Bertz CT molecular complexity index is 2350. The van der Waals surface area contributed by atoms with Gasteiger partial charge in [0.25, 0.3) is 0 Å². The number of thiophene rings is 1. The summed E-state index contributed by atoms with van der Waals surface area (Å²) in [7, 11) is 0. The third kappa shape index (κ3) is 2.96. The molecule has 0 aliphatic rings. The zero-order chi connectivity index (χ0) is 25.5. The van der Waals surface area contributed by atoms with Gasteiger partial charge >= 0.3 is 0 Å². The van der Waals surface area contributed by atoms with Crippen molar-refractivity contribution >= 4 is 75.3 Å². The molecule has 9 rings (SSSR count). The van der Waals surface area contributed by atoms with Crippen molar-refractivity contribution in [3.8, 4) is 16.8 Å². The van der Waals surface area contributed by atoms with Crippen LogP contribution in [0.5, 0.6) is 0 Å². The van der Waals surface area contributed by atoms with Crippen molar-refractivity contribution in [2.24, 2.45) is 0 Å². The molecular formula is C36H21NOS. The average molecular weight is 516 g/mol. The molecule has 39 heavy (non-hydrogen) atoms. The lowest BCUT2D eigenvalue weighted by Gasteiger charge is -2.09. The first kappa shape index (κ1) is 21.1. The Hall–Kier alpha value is -4.86. The van der Waals surface area contributed by atoms with Crippen molar-refractivity contribution in [1.29, 1.82) is 0 Å². The second-order valence-electron chi connectivity index (χ2n) is 10.1. The molecule has 9 aromatic rings. The molecule has 0 spiro atoms. The lowest BCUT2D eigenvalue weighted by atomic mass is 10.0. The largest absolute Gasteiger partial charge is 0.456 e. The fraction of sp³-hybridized carbons (Fsp3) is 0. The minimum Gasteiger partial charge on any atom is -0.456 e. The van der Waals surface area contributed by atoms with E-state index in [2.05, 4.69) is 132 Å². The van der Waals surface area contributed by atoms with Gasteiger partial charge in [-0.2, -0.15) is 0 Å². The first-order chi connectivity index (χ1) is 19.3. The molecule has 0 unspecified atom stereocenters. The number of hydrogen-bond donors (Lipinski definition) is 0. The molecule has 6 aromatic carbocycles. The summed E-state index contributed by atoms with van der Waals surface area (Å²) in [6, 6.07) is 45.8. The van der Waals surface area contributed by atoms with Gasteiger partial charge < -0.3 is 8.98 Å². The monoisotopic (exact) mass is 515 g/mol. The van der Waals surface area contributed by atoms with Crippen LogP contribution in [0.2, 0.25) is 0 Å². The minimum atomic E-state index is 0.904. The predicted molar refractivity (Wildman–Crippen MR) is 166 cm³/mol. The van der Waals surface area contributed by atoms with E-state index in [9.17, 15) is 0 Å². The van der Waals surface area contributed by atoms with E-state index in [4.69, 9.17) is 4.42 Å². The van der Waals surface area contributed by atoms with Crippen LogP contribution in [0.15, 0.2) is 132 Å². The van der Waals surface area contributed by atoms with E-state index < -0.39 is 0 Å². The first-order valence-electron chi connectivity index (χ1n) is 13.2. The number of fused-ring (bicyclic) bond motifs is 9. The second-order valence-corrected chi connectivity index (χ2v) is 11.2. The lowest BCUT2D eigenvalue weighted by molar-refractivity contribution is 0.669. The Morgan fingerprint density at radius 3 is 1.90 bits per heavy atom. The van der Waals surface area contributed by atoms with Crippen LogP contribution in [0.1, 0.15) is 0 Å². The van der Waals surface area contributed by atoms with E-state index in [-0.39, 0.29) is 0 Å². The molecule has 3 aromatic heterocycles. The van der Waals surface area contributed by atoms with Crippen molar-refractivity contribution in [2.75, 3.05) is 0 Å². The highest BCUT2D eigenvalue weighted by atomic mass is 32.1. The molecule has 0 saturated heterocycles. The molecule has 0 radical (unpaired) electrons. The van der Waals surface area contributed by atoms with Gasteiger partial charge in [-0.1, -0.05) is 78.9 Å². The SMILES string of the molecule is c1cc(-n2c3ccccc3c3ccccc32)c2c(c1)oc1cc(-c3ccc4c(c3)sc3ccccc34)ccc12. The smallest absolute Gasteiger partial charge is 0.137 e. The van der Waals surface area contributed by atoms with Crippen molar-refractivity contribution in [2.45, 2.75) is 0 Å². The Kier molecular flexibility index (Phi) is 4.24. The highest BCUT2D eigenvalue weighted by molar-refractivity contribution is 7.25. The van der Waals surface area contributed by atoms with Crippen molar-refractivity contribution in [3.05, 3.63) is 127 Å². The molecule has 0 aliphatic heterocycles. The number of para-hydroxylation sites is 2. The molecule has 2 nitrogen and oxygen atoms in total. The molecule has 3 heteroatoms. The van der Waals surface area contributed by atoms with Crippen molar-refractivity contribution in [1.82, 2.24) is 4.57 Å². The van der Waals surface area contributed by atoms with Crippen LogP contribution in [-0.4, -0.2) is 4.57 Å². The molecule has 0 saturated carbocycles. The molecule has 0 N–H and O–H groups in total. The number of rotatable bonds is 2. The summed E-state index contributed by atoms with van der Waals surface area (Å²) in [6.45, 7) is 0. The molecule has 3 heterocycles. The van der Waals surface area contributed by atoms with E-state index in [1.807, 2.05) is 11.3 Å². The van der Waals surface area contributed by atoms with Gasteiger partial charge in [0, 0.05) is 36.3 Å². The van der Waals surface area contributed by atoms with Crippen LogP contribution in [0.3, 0.4) is 0 Å². The van der Waals surface area contributed by atoms with Gasteiger partial charge in [-0.15, -0.1) is 11.3 Å². The van der Waals surface area contributed by atoms with Crippen molar-refractivity contribution in [3.63, 3.8) is 0 Å². The fourth-order valence-electron chi connectivity index (χ4n) is 6.26. The van der Waals surface area contributed by atoms with Crippen LogP contribution in [0.4, 0.5) is 0 Å². The number of nitrogens with zero attached hydrogens (tertiary/aromatic N) is 1. The van der Waals surface area contributed by atoms with Crippen LogP contribution in [0, 0.1) is 0 Å². The molecule has 182 valence electrons. The Balaban J connectivity index is 1.27. The molecule has 0 bridgehead atoms. The molecule has 0 amide bonds. The van der Waals surface area contributed by atoms with E-state index in [0.29, 0.717) is 0 Å². The Morgan fingerprint density at radius 1 is 0.462 bits per heavy atom. The molecular weight excluding hydrogens is 494 g/mol. The third-order valence-corrected chi connectivity index (χ3v) is 9.14. The van der Waals surface area contributed by atoms with Crippen molar-refractivity contribution < 1.29 is 4.42 Å². The topological polar surface area (TPSA) is 18.1 Å². The van der Waals surface area contributed by atoms with Gasteiger partial charge in [0.15, 0.2) is 0 Å². The zero-order valence-corrected chi connectivity index (χ0v) is 21.7. The van der Waals surface area contributed by atoms with Gasteiger partial charge in [-0.05, 0) is 59.7 Å². The highest BCUT2D eigenvalue weighted by Gasteiger charge is 2.18.